The molecule has 3 heteroatoms. The maximum absolute atomic E-state index is 11.7. The van der Waals surface area contributed by atoms with E-state index in [4.69, 9.17) is 9.47 Å². The van der Waals surface area contributed by atoms with E-state index >= 15 is 0 Å². The highest BCUT2D eigenvalue weighted by atomic mass is 16.5. The van der Waals surface area contributed by atoms with E-state index in [0.717, 1.165) is 19.3 Å². The number of hydrogen-bond acceptors (Lipinski definition) is 3. The Hall–Kier alpha value is -0.410. The second kappa shape index (κ2) is 6.14. The molecule has 0 spiro atoms. The topological polar surface area (TPSA) is 35.5 Å². The van der Waals surface area contributed by atoms with Gasteiger partial charge in [-0.2, -0.15) is 0 Å². The standard InChI is InChI=1S/C11H20O3/c1-3-14-11(9-6-7-9)10(12)5-4-8-13-2/h9,11H,3-8H2,1-2H3. The Labute approximate surface area is 85.8 Å². The van der Waals surface area contributed by atoms with Crippen LogP contribution in [-0.4, -0.2) is 32.2 Å². The Bertz CT molecular complexity index is 175. The third kappa shape index (κ3) is 3.76. The van der Waals surface area contributed by atoms with E-state index in [2.05, 4.69) is 0 Å². The van der Waals surface area contributed by atoms with Gasteiger partial charge in [-0.1, -0.05) is 0 Å². The van der Waals surface area contributed by atoms with Crippen molar-refractivity contribution < 1.29 is 14.3 Å². The van der Waals surface area contributed by atoms with Gasteiger partial charge in [0, 0.05) is 26.7 Å². The van der Waals surface area contributed by atoms with E-state index < -0.39 is 0 Å². The van der Waals surface area contributed by atoms with Crippen LogP contribution in [0.5, 0.6) is 0 Å². The summed E-state index contributed by atoms with van der Waals surface area (Å²) in [6.07, 6.45) is 3.58. The smallest absolute Gasteiger partial charge is 0.161 e. The van der Waals surface area contributed by atoms with E-state index in [1.807, 2.05) is 6.92 Å². The van der Waals surface area contributed by atoms with Crippen molar-refractivity contribution in [1.29, 1.82) is 0 Å². The molecule has 1 unspecified atom stereocenters. The molecule has 14 heavy (non-hydrogen) atoms. The van der Waals surface area contributed by atoms with Crippen molar-refractivity contribution in [2.75, 3.05) is 20.3 Å². The summed E-state index contributed by atoms with van der Waals surface area (Å²) in [6, 6.07) is 0. The third-order valence-corrected chi connectivity index (χ3v) is 2.49. The van der Waals surface area contributed by atoms with Crippen LogP contribution in [0.4, 0.5) is 0 Å². The molecule has 0 aromatic heterocycles. The van der Waals surface area contributed by atoms with Gasteiger partial charge < -0.3 is 9.47 Å². The van der Waals surface area contributed by atoms with Crippen LogP contribution in [-0.2, 0) is 14.3 Å². The minimum atomic E-state index is -0.128. The average Bonchev–Trinajstić information content (AvgIpc) is 2.98. The molecule has 0 radical (unpaired) electrons. The van der Waals surface area contributed by atoms with Gasteiger partial charge in [-0.3, -0.25) is 4.79 Å². The molecule has 1 saturated carbocycles. The Kier molecular flexibility index (Phi) is 5.12. The highest BCUT2D eigenvalue weighted by Crippen LogP contribution is 2.35. The first-order valence-corrected chi connectivity index (χ1v) is 5.42. The van der Waals surface area contributed by atoms with Gasteiger partial charge in [0.25, 0.3) is 0 Å². The fourth-order valence-electron chi connectivity index (χ4n) is 1.60. The van der Waals surface area contributed by atoms with Crippen LogP contribution in [0.2, 0.25) is 0 Å². The number of carbonyl (C=O) groups excluding carboxylic acids is 1. The number of carbonyl (C=O) groups is 1. The molecule has 1 rings (SSSR count). The number of rotatable bonds is 8. The third-order valence-electron chi connectivity index (χ3n) is 2.49. The maximum Gasteiger partial charge on any atom is 0.161 e. The van der Waals surface area contributed by atoms with Crippen molar-refractivity contribution in [3.05, 3.63) is 0 Å². The van der Waals surface area contributed by atoms with Crippen LogP contribution in [0.15, 0.2) is 0 Å². The Morgan fingerprint density at radius 3 is 2.71 bits per heavy atom. The monoisotopic (exact) mass is 200 g/mol. The minimum Gasteiger partial charge on any atom is -0.385 e. The summed E-state index contributed by atoms with van der Waals surface area (Å²) in [5.41, 5.74) is 0. The fraction of sp³-hybridized carbons (Fsp3) is 0.909. The predicted molar refractivity (Wildman–Crippen MR) is 54.3 cm³/mol. The molecule has 3 nitrogen and oxygen atoms in total. The second-order valence-corrected chi connectivity index (χ2v) is 3.78. The van der Waals surface area contributed by atoms with Gasteiger partial charge in [-0.25, -0.2) is 0 Å². The van der Waals surface area contributed by atoms with Crippen LogP contribution in [0.3, 0.4) is 0 Å². The fourth-order valence-corrected chi connectivity index (χ4v) is 1.60. The normalized spacial score (nSPS) is 18.1. The number of ether oxygens (including phenoxy) is 2. The van der Waals surface area contributed by atoms with Crippen molar-refractivity contribution in [3.63, 3.8) is 0 Å². The van der Waals surface area contributed by atoms with E-state index in [0.29, 0.717) is 25.6 Å². The summed E-state index contributed by atoms with van der Waals surface area (Å²) in [7, 11) is 1.66. The van der Waals surface area contributed by atoms with Crippen LogP contribution < -0.4 is 0 Å². The van der Waals surface area contributed by atoms with Crippen LogP contribution in [0.25, 0.3) is 0 Å². The first-order chi connectivity index (χ1) is 6.79. The summed E-state index contributed by atoms with van der Waals surface area (Å²) >= 11 is 0. The predicted octanol–water partition coefficient (Wildman–Crippen LogP) is 1.80. The largest absolute Gasteiger partial charge is 0.385 e. The second-order valence-electron chi connectivity index (χ2n) is 3.78. The lowest BCUT2D eigenvalue weighted by Crippen LogP contribution is -2.26. The summed E-state index contributed by atoms with van der Waals surface area (Å²) in [6.45, 7) is 3.24. The molecular formula is C11H20O3. The molecule has 0 amide bonds. The average molecular weight is 200 g/mol. The summed E-state index contributed by atoms with van der Waals surface area (Å²) in [5.74, 6) is 0.761. The van der Waals surface area contributed by atoms with Gasteiger partial charge in [0.1, 0.15) is 6.10 Å². The first-order valence-electron chi connectivity index (χ1n) is 5.42. The zero-order valence-corrected chi connectivity index (χ0v) is 9.12. The lowest BCUT2D eigenvalue weighted by molar-refractivity contribution is -0.131. The Morgan fingerprint density at radius 1 is 1.50 bits per heavy atom. The van der Waals surface area contributed by atoms with Crippen LogP contribution in [0.1, 0.15) is 32.6 Å². The number of ketones is 1. The van der Waals surface area contributed by atoms with Crippen molar-refractivity contribution in [1.82, 2.24) is 0 Å². The van der Waals surface area contributed by atoms with Gasteiger partial charge in [0.15, 0.2) is 5.78 Å². The van der Waals surface area contributed by atoms with Crippen molar-refractivity contribution in [2.45, 2.75) is 38.7 Å². The van der Waals surface area contributed by atoms with Crippen molar-refractivity contribution in [3.8, 4) is 0 Å². The SMILES string of the molecule is CCOC(C(=O)CCCOC)C1CC1. The molecule has 82 valence electrons. The highest BCUT2D eigenvalue weighted by molar-refractivity contribution is 5.83. The number of methoxy groups -OCH3 is 1. The van der Waals surface area contributed by atoms with E-state index in [-0.39, 0.29) is 11.9 Å². The molecule has 0 N–H and O–H groups in total. The van der Waals surface area contributed by atoms with Gasteiger partial charge in [-0.15, -0.1) is 0 Å². The summed E-state index contributed by atoms with van der Waals surface area (Å²) in [5, 5.41) is 0. The molecule has 0 aromatic rings. The lowest BCUT2D eigenvalue weighted by Gasteiger charge is -2.14. The molecular weight excluding hydrogens is 180 g/mol. The first kappa shape index (κ1) is 11.7. The lowest BCUT2D eigenvalue weighted by atomic mass is 10.1. The highest BCUT2D eigenvalue weighted by Gasteiger charge is 2.35. The van der Waals surface area contributed by atoms with Gasteiger partial charge in [0.05, 0.1) is 0 Å². The van der Waals surface area contributed by atoms with Gasteiger partial charge >= 0.3 is 0 Å². The van der Waals surface area contributed by atoms with Gasteiger partial charge in [-0.05, 0) is 32.1 Å². The molecule has 0 bridgehead atoms. The molecule has 0 aliphatic heterocycles. The summed E-state index contributed by atoms with van der Waals surface area (Å²) < 4.78 is 10.4. The van der Waals surface area contributed by atoms with Gasteiger partial charge in [0.2, 0.25) is 0 Å². The summed E-state index contributed by atoms with van der Waals surface area (Å²) in [4.78, 5) is 11.7. The molecule has 0 heterocycles. The Balaban J connectivity index is 2.23. The van der Waals surface area contributed by atoms with Crippen molar-refractivity contribution in [2.24, 2.45) is 5.92 Å². The van der Waals surface area contributed by atoms with E-state index in [9.17, 15) is 4.79 Å². The molecule has 1 aliphatic carbocycles. The molecule has 1 atom stereocenters. The van der Waals surface area contributed by atoms with Crippen LogP contribution in [0, 0.1) is 5.92 Å². The van der Waals surface area contributed by atoms with Crippen molar-refractivity contribution >= 4 is 5.78 Å². The Morgan fingerprint density at radius 2 is 2.21 bits per heavy atom. The van der Waals surface area contributed by atoms with E-state index in [1.54, 1.807) is 7.11 Å². The van der Waals surface area contributed by atoms with E-state index in [1.165, 1.54) is 0 Å². The molecule has 0 saturated heterocycles. The molecule has 0 aromatic carbocycles. The maximum atomic E-state index is 11.7. The number of Topliss-reactive ketones (excluding diaryl/α,β-unsaturated/α-hetero) is 1. The molecule has 1 fully saturated rings. The zero-order valence-electron chi connectivity index (χ0n) is 9.12. The minimum absolute atomic E-state index is 0.128. The quantitative estimate of drug-likeness (QED) is 0.560. The number of hydrogen-bond donors (Lipinski definition) is 0. The zero-order chi connectivity index (χ0) is 10.4. The molecule has 1 aliphatic rings. The van der Waals surface area contributed by atoms with Crippen LogP contribution >= 0.6 is 0 Å².